The fourth-order valence-electron chi connectivity index (χ4n) is 2.49. The van der Waals surface area contributed by atoms with Gasteiger partial charge in [-0.15, -0.1) is 0 Å². The van der Waals surface area contributed by atoms with Gasteiger partial charge in [-0.05, 0) is 19.1 Å². The molecule has 0 radical (unpaired) electrons. The Morgan fingerprint density at radius 3 is 2.61 bits per heavy atom. The van der Waals surface area contributed by atoms with Crippen molar-refractivity contribution in [1.29, 1.82) is 0 Å². The van der Waals surface area contributed by atoms with Crippen LogP contribution in [0.15, 0.2) is 18.2 Å². The molecular formula is C15H16ClN3O4. The maximum absolute atomic E-state index is 11.5. The number of phenols is 2. The summed E-state index contributed by atoms with van der Waals surface area (Å²) in [7, 11) is 1.91. The van der Waals surface area contributed by atoms with Crippen LogP contribution in [0.3, 0.4) is 0 Å². The van der Waals surface area contributed by atoms with Gasteiger partial charge >= 0.3 is 0 Å². The number of quaternary nitrogens is 1. The number of hydrogen-bond donors (Lipinski definition) is 5. The number of rotatable bonds is 2. The van der Waals surface area contributed by atoms with Crippen LogP contribution in [0.25, 0.3) is 0 Å². The Morgan fingerprint density at radius 2 is 2.00 bits per heavy atom. The number of benzene rings is 2. The first-order valence-corrected chi connectivity index (χ1v) is 6.70. The second kappa shape index (κ2) is 5.86. The van der Waals surface area contributed by atoms with Crippen molar-refractivity contribution in [2.75, 3.05) is 12.4 Å². The number of nitrogens with one attached hydrogen (secondary N) is 1. The Hall–Kier alpha value is -2.64. The normalized spacial score (nSPS) is 11.4. The summed E-state index contributed by atoms with van der Waals surface area (Å²) >= 11 is 0. The maximum Gasteiger partial charge on any atom is 0.251 e. The van der Waals surface area contributed by atoms with Gasteiger partial charge in [0.2, 0.25) is 5.75 Å². The highest BCUT2D eigenvalue weighted by Crippen LogP contribution is 2.52. The SMILES string of the molecule is C[NH2+]c1cc2c(cc1C)Nc1c(C(N)=O)cc(O)c(O)c1O2.[Cl-]. The van der Waals surface area contributed by atoms with Crippen molar-refractivity contribution in [3.63, 3.8) is 0 Å². The number of aryl methyl sites for hydroxylation is 1. The number of nitrogens with two attached hydrogens (primary N) is 2. The van der Waals surface area contributed by atoms with E-state index < -0.39 is 17.4 Å². The number of amides is 1. The third-order valence-corrected chi connectivity index (χ3v) is 3.65. The van der Waals surface area contributed by atoms with Crippen molar-refractivity contribution in [1.82, 2.24) is 0 Å². The van der Waals surface area contributed by atoms with E-state index in [1.54, 1.807) is 0 Å². The van der Waals surface area contributed by atoms with Crippen LogP contribution in [0, 0.1) is 6.92 Å². The third kappa shape index (κ3) is 2.60. The molecule has 1 heterocycles. The molecule has 7 N–H and O–H groups in total. The average molecular weight is 338 g/mol. The van der Waals surface area contributed by atoms with Crippen LogP contribution < -0.4 is 33.5 Å². The molecule has 7 nitrogen and oxygen atoms in total. The van der Waals surface area contributed by atoms with Gasteiger partial charge in [-0.1, -0.05) is 0 Å². The van der Waals surface area contributed by atoms with E-state index in [2.05, 4.69) is 5.32 Å². The third-order valence-electron chi connectivity index (χ3n) is 3.65. The molecule has 0 saturated carbocycles. The van der Waals surface area contributed by atoms with Gasteiger partial charge in [0.05, 0.1) is 24.0 Å². The highest BCUT2D eigenvalue weighted by Gasteiger charge is 2.28. The van der Waals surface area contributed by atoms with E-state index in [4.69, 9.17) is 10.5 Å². The summed E-state index contributed by atoms with van der Waals surface area (Å²) in [6.45, 7) is 1.95. The highest BCUT2D eigenvalue weighted by molar-refractivity contribution is 6.03. The second-order valence-corrected chi connectivity index (χ2v) is 5.08. The number of ether oxygens (including phenoxy) is 1. The topological polar surface area (TPSA) is 121 Å². The first kappa shape index (κ1) is 16.7. The van der Waals surface area contributed by atoms with Crippen molar-refractivity contribution in [3.05, 3.63) is 29.3 Å². The molecule has 0 fully saturated rings. The van der Waals surface area contributed by atoms with Crippen LogP contribution in [-0.4, -0.2) is 23.2 Å². The lowest BCUT2D eigenvalue weighted by atomic mass is 10.1. The molecule has 2 aromatic carbocycles. The molecule has 0 atom stereocenters. The van der Waals surface area contributed by atoms with E-state index >= 15 is 0 Å². The molecule has 2 aromatic rings. The Morgan fingerprint density at radius 1 is 1.30 bits per heavy atom. The number of phenolic OH excluding ortho intramolecular Hbond substituents is 2. The summed E-state index contributed by atoms with van der Waals surface area (Å²) < 4.78 is 5.68. The Bertz CT molecular complexity index is 808. The van der Waals surface area contributed by atoms with E-state index in [-0.39, 0.29) is 29.4 Å². The fourth-order valence-corrected chi connectivity index (χ4v) is 2.49. The zero-order valence-corrected chi connectivity index (χ0v) is 13.2. The largest absolute Gasteiger partial charge is 1.00 e. The molecule has 0 saturated heterocycles. The number of primary amides is 1. The molecule has 0 bridgehead atoms. The van der Waals surface area contributed by atoms with E-state index in [0.717, 1.165) is 17.3 Å². The molecule has 1 amide bonds. The van der Waals surface area contributed by atoms with Crippen molar-refractivity contribution < 1.29 is 37.5 Å². The van der Waals surface area contributed by atoms with E-state index in [0.29, 0.717) is 11.4 Å². The predicted octanol–water partition coefficient (Wildman–Crippen LogP) is -1.82. The lowest BCUT2D eigenvalue weighted by molar-refractivity contribution is -0.539. The van der Waals surface area contributed by atoms with E-state index in [9.17, 15) is 15.0 Å². The van der Waals surface area contributed by atoms with E-state index in [1.165, 1.54) is 0 Å². The predicted molar refractivity (Wildman–Crippen MR) is 80.3 cm³/mol. The minimum atomic E-state index is -0.735. The van der Waals surface area contributed by atoms with Gasteiger partial charge < -0.3 is 43.7 Å². The highest BCUT2D eigenvalue weighted by atomic mass is 35.5. The zero-order chi connectivity index (χ0) is 16.0. The van der Waals surface area contributed by atoms with Crippen LogP contribution in [0.5, 0.6) is 23.0 Å². The summed E-state index contributed by atoms with van der Waals surface area (Å²) in [5, 5.41) is 24.7. The lowest BCUT2D eigenvalue weighted by Crippen LogP contribution is -3.00. The molecule has 0 aliphatic carbocycles. The van der Waals surface area contributed by atoms with Crippen molar-refractivity contribution >= 4 is 23.0 Å². The summed E-state index contributed by atoms with van der Waals surface area (Å²) in [5.41, 5.74) is 8.27. The van der Waals surface area contributed by atoms with Crippen molar-refractivity contribution in [3.8, 4) is 23.0 Å². The molecule has 3 rings (SSSR count). The monoisotopic (exact) mass is 337 g/mol. The summed E-state index contributed by atoms with van der Waals surface area (Å²) in [6.07, 6.45) is 0. The van der Waals surface area contributed by atoms with Crippen LogP contribution >= 0.6 is 0 Å². The maximum atomic E-state index is 11.5. The Kier molecular flexibility index (Phi) is 4.26. The van der Waals surface area contributed by atoms with Gasteiger partial charge in [-0.2, -0.15) is 0 Å². The number of aromatic hydroxyl groups is 2. The molecule has 1 aliphatic rings. The van der Waals surface area contributed by atoms with Crippen molar-refractivity contribution in [2.45, 2.75) is 6.92 Å². The van der Waals surface area contributed by atoms with Gasteiger partial charge in [0.15, 0.2) is 17.2 Å². The Balaban J connectivity index is 0.00000192. The number of fused-ring (bicyclic) bond motifs is 2. The lowest BCUT2D eigenvalue weighted by Gasteiger charge is -2.25. The first-order valence-electron chi connectivity index (χ1n) is 6.70. The first-order chi connectivity index (χ1) is 10.4. The van der Waals surface area contributed by atoms with Gasteiger partial charge in [-0.25, -0.2) is 0 Å². The number of halogens is 1. The zero-order valence-electron chi connectivity index (χ0n) is 12.5. The molecule has 122 valence electrons. The molecule has 8 heteroatoms. The van der Waals surface area contributed by atoms with Gasteiger partial charge in [-0.3, -0.25) is 4.79 Å². The molecule has 0 unspecified atom stereocenters. The molecule has 0 spiro atoms. The second-order valence-electron chi connectivity index (χ2n) is 5.08. The minimum Gasteiger partial charge on any atom is -1.00 e. The van der Waals surface area contributed by atoms with Crippen LogP contribution in [0.4, 0.5) is 17.1 Å². The number of anilines is 2. The molecule has 1 aliphatic heterocycles. The smallest absolute Gasteiger partial charge is 0.251 e. The number of carbonyl (C=O) groups is 1. The molecular weight excluding hydrogens is 322 g/mol. The van der Waals surface area contributed by atoms with E-state index in [1.807, 2.05) is 31.4 Å². The van der Waals surface area contributed by atoms with Gasteiger partial charge in [0.1, 0.15) is 5.69 Å². The summed E-state index contributed by atoms with van der Waals surface area (Å²) in [5.74, 6) is -1.18. The van der Waals surface area contributed by atoms with Gasteiger partial charge in [0, 0.05) is 11.6 Å². The standard InChI is InChI=1S/C15H15N3O4.ClH/c1-6-3-9-11(5-8(6)17-2)22-14-12(18-9)7(15(16)21)4-10(19)13(14)20;/h3-5,17-20H,1-2H3,(H2,16,21);1H. The summed E-state index contributed by atoms with van der Waals surface area (Å²) in [4.78, 5) is 11.5. The summed E-state index contributed by atoms with van der Waals surface area (Å²) in [6, 6.07) is 4.80. The quantitative estimate of drug-likeness (QED) is 0.214. The average Bonchev–Trinajstić information content (AvgIpc) is 2.48. The van der Waals surface area contributed by atoms with Crippen LogP contribution in [0.1, 0.15) is 15.9 Å². The van der Waals surface area contributed by atoms with Crippen LogP contribution in [-0.2, 0) is 0 Å². The van der Waals surface area contributed by atoms with Crippen LogP contribution in [0.2, 0.25) is 0 Å². The van der Waals surface area contributed by atoms with Gasteiger partial charge in [0.25, 0.3) is 5.91 Å². The fraction of sp³-hybridized carbons (Fsp3) is 0.133. The molecule has 0 aromatic heterocycles. The molecule has 23 heavy (non-hydrogen) atoms. The van der Waals surface area contributed by atoms with Crippen molar-refractivity contribution in [2.24, 2.45) is 5.73 Å². The minimum absolute atomic E-state index is 0. The Labute approximate surface area is 138 Å². The number of carbonyl (C=O) groups excluding carboxylic acids is 1. The number of hydrogen-bond acceptors (Lipinski definition) is 5.